The fraction of sp³-hybridized carbons (Fsp3) is 0.435. The van der Waals surface area contributed by atoms with Crippen LogP contribution in [0.15, 0.2) is 41.7 Å². The van der Waals surface area contributed by atoms with Gasteiger partial charge >= 0.3 is 5.97 Å². The molecule has 1 aromatic carbocycles. The number of rotatable bonds is 9. The number of halogens is 1. The van der Waals surface area contributed by atoms with E-state index in [0.29, 0.717) is 11.4 Å². The lowest BCUT2D eigenvalue weighted by molar-refractivity contribution is -0.153. The minimum atomic E-state index is -1.43. The predicted molar refractivity (Wildman–Crippen MR) is 116 cm³/mol. The molecule has 1 aliphatic rings. The maximum Gasteiger partial charge on any atom is 0.308 e. The molecular weight excluding hydrogens is 417 g/mol. The Kier molecular flexibility index (Phi) is 7.17. The van der Waals surface area contributed by atoms with Crippen LogP contribution in [0.2, 0.25) is 0 Å². The summed E-state index contributed by atoms with van der Waals surface area (Å²) < 4.78 is 17.9. The van der Waals surface area contributed by atoms with Gasteiger partial charge in [0.2, 0.25) is 5.60 Å². The van der Waals surface area contributed by atoms with Crippen molar-refractivity contribution in [2.45, 2.75) is 45.3 Å². The Labute approximate surface area is 185 Å². The number of hydrogen-bond acceptors (Lipinski definition) is 7. The number of ether oxygens (including phenoxy) is 1. The number of amides is 1. The van der Waals surface area contributed by atoms with Crippen molar-refractivity contribution in [1.82, 2.24) is 10.3 Å². The lowest BCUT2D eigenvalue weighted by atomic mass is 9.83. The summed E-state index contributed by atoms with van der Waals surface area (Å²) in [4.78, 5) is 47.2. The Morgan fingerprint density at radius 1 is 1.25 bits per heavy atom. The van der Waals surface area contributed by atoms with E-state index in [1.807, 2.05) is 30.3 Å². The first-order chi connectivity index (χ1) is 15.3. The zero-order chi connectivity index (χ0) is 23.3. The predicted octanol–water partition coefficient (Wildman–Crippen LogP) is 2.73. The Hall–Kier alpha value is -3.36. The molecule has 170 valence electrons. The molecule has 8 nitrogen and oxygen atoms in total. The summed E-state index contributed by atoms with van der Waals surface area (Å²) in [5, 5.41) is 8.47. The standard InChI is InChI=1S/C23H26FN3O5/c1-4-31-20(29)11-17(19(28)13-24)26-22(30)23(14(2)3)12-18(27-32-23)21-16-8-6-5-7-15(16)9-10-25-21/h5-10,14,17H,4,11-13H2,1-3H3,(H,26,30)/t17-,23+/m0/s1. The number of alkyl halides is 1. The Morgan fingerprint density at radius 2 is 2.00 bits per heavy atom. The second-order valence-electron chi connectivity index (χ2n) is 7.87. The van der Waals surface area contributed by atoms with Gasteiger partial charge in [-0.05, 0) is 18.4 Å². The largest absolute Gasteiger partial charge is 0.466 e. The number of oxime groups is 1. The Balaban J connectivity index is 1.85. The fourth-order valence-electron chi connectivity index (χ4n) is 3.63. The Morgan fingerprint density at radius 3 is 2.69 bits per heavy atom. The van der Waals surface area contributed by atoms with Gasteiger partial charge in [0.15, 0.2) is 5.78 Å². The maximum absolute atomic E-state index is 13.3. The quantitative estimate of drug-likeness (QED) is 0.597. The molecule has 32 heavy (non-hydrogen) atoms. The number of benzene rings is 1. The Bertz CT molecular complexity index is 1050. The molecular formula is C23H26FN3O5. The van der Waals surface area contributed by atoms with Crippen molar-refractivity contribution in [3.05, 3.63) is 42.2 Å². The number of Topliss-reactive ketones (excluding diaryl/α,β-unsaturated/α-hetero) is 1. The smallest absolute Gasteiger partial charge is 0.308 e. The van der Waals surface area contributed by atoms with E-state index in [2.05, 4.69) is 15.5 Å². The summed E-state index contributed by atoms with van der Waals surface area (Å²) in [6, 6.07) is 8.17. The minimum Gasteiger partial charge on any atom is -0.466 e. The van der Waals surface area contributed by atoms with Crippen molar-refractivity contribution in [3.8, 4) is 0 Å². The molecule has 9 heteroatoms. The number of fused-ring (bicyclic) bond motifs is 1. The van der Waals surface area contributed by atoms with Crippen molar-refractivity contribution in [2.24, 2.45) is 11.1 Å². The molecule has 1 N–H and O–H groups in total. The van der Waals surface area contributed by atoms with Crippen molar-refractivity contribution in [2.75, 3.05) is 13.3 Å². The summed E-state index contributed by atoms with van der Waals surface area (Å²) in [6.07, 6.45) is 1.30. The molecule has 0 saturated carbocycles. The van der Waals surface area contributed by atoms with Crippen LogP contribution in [0.25, 0.3) is 10.8 Å². The first kappa shape index (κ1) is 23.3. The lowest BCUT2D eigenvalue weighted by Crippen LogP contribution is -2.55. The third-order valence-electron chi connectivity index (χ3n) is 5.51. The summed E-state index contributed by atoms with van der Waals surface area (Å²) in [7, 11) is 0. The van der Waals surface area contributed by atoms with Gasteiger partial charge in [0.25, 0.3) is 5.91 Å². The van der Waals surface area contributed by atoms with Crippen LogP contribution < -0.4 is 5.32 Å². The van der Waals surface area contributed by atoms with Gasteiger partial charge in [-0.3, -0.25) is 19.4 Å². The maximum atomic E-state index is 13.3. The molecule has 1 aromatic heterocycles. The summed E-state index contributed by atoms with van der Waals surface area (Å²) in [5.41, 5.74) is -0.344. The van der Waals surface area contributed by atoms with E-state index in [1.54, 1.807) is 27.0 Å². The molecule has 0 saturated heterocycles. The molecule has 1 aliphatic heterocycles. The second-order valence-corrected chi connectivity index (χ2v) is 7.87. The van der Waals surface area contributed by atoms with E-state index >= 15 is 0 Å². The van der Waals surface area contributed by atoms with Crippen LogP contribution >= 0.6 is 0 Å². The highest BCUT2D eigenvalue weighted by molar-refractivity contribution is 6.12. The highest BCUT2D eigenvalue weighted by Gasteiger charge is 2.50. The van der Waals surface area contributed by atoms with Gasteiger partial charge in [-0.15, -0.1) is 0 Å². The van der Waals surface area contributed by atoms with Crippen LogP contribution in [0.5, 0.6) is 0 Å². The molecule has 0 unspecified atom stereocenters. The van der Waals surface area contributed by atoms with Crippen LogP contribution in [0, 0.1) is 5.92 Å². The highest BCUT2D eigenvalue weighted by atomic mass is 19.1. The molecule has 0 spiro atoms. The molecule has 1 amide bonds. The van der Waals surface area contributed by atoms with Crippen molar-refractivity contribution in [3.63, 3.8) is 0 Å². The van der Waals surface area contributed by atoms with E-state index in [1.165, 1.54) is 0 Å². The number of esters is 1. The van der Waals surface area contributed by atoms with E-state index in [-0.39, 0.29) is 18.9 Å². The van der Waals surface area contributed by atoms with Crippen LogP contribution in [0.3, 0.4) is 0 Å². The lowest BCUT2D eigenvalue weighted by Gasteiger charge is -2.30. The van der Waals surface area contributed by atoms with Gasteiger partial charge in [-0.25, -0.2) is 4.39 Å². The molecule has 0 radical (unpaired) electrons. The number of hydrogen-bond donors (Lipinski definition) is 1. The van der Waals surface area contributed by atoms with Crippen LogP contribution in [0.4, 0.5) is 4.39 Å². The summed E-state index contributed by atoms with van der Waals surface area (Å²) in [6.45, 7) is 3.97. The molecule has 2 aromatic rings. The molecule has 0 bridgehead atoms. The van der Waals surface area contributed by atoms with Gasteiger partial charge in [0.05, 0.1) is 18.7 Å². The van der Waals surface area contributed by atoms with Crippen LogP contribution in [-0.4, -0.2) is 53.3 Å². The molecule has 2 heterocycles. The second kappa shape index (κ2) is 9.84. The summed E-state index contributed by atoms with van der Waals surface area (Å²) >= 11 is 0. The monoisotopic (exact) mass is 443 g/mol. The average molecular weight is 443 g/mol. The zero-order valence-electron chi connectivity index (χ0n) is 18.3. The first-order valence-corrected chi connectivity index (χ1v) is 10.5. The summed E-state index contributed by atoms with van der Waals surface area (Å²) in [5.74, 6) is -2.62. The number of carbonyl (C=O) groups is 3. The van der Waals surface area contributed by atoms with E-state index in [9.17, 15) is 18.8 Å². The number of nitrogens with zero attached hydrogens (tertiary/aromatic N) is 2. The number of ketones is 1. The number of nitrogens with one attached hydrogen (secondary N) is 1. The number of pyridine rings is 1. The molecule has 2 atom stereocenters. The third-order valence-corrected chi connectivity index (χ3v) is 5.51. The van der Waals surface area contributed by atoms with Crippen molar-refractivity contribution >= 4 is 34.1 Å². The first-order valence-electron chi connectivity index (χ1n) is 10.5. The van der Waals surface area contributed by atoms with Gasteiger partial charge in [-0.2, -0.15) is 0 Å². The van der Waals surface area contributed by atoms with Crippen LogP contribution in [0.1, 0.15) is 39.3 Å². The zero-order valence-corrected chi connectivity index (χ0v) is 18.3. The third kappa shape index (κ3) is 4.61. The highest BCUT2D eigenvalue weighted by Crippen LogP contribution is 2.35. The van der Waals surface area contributed by atoms with Crippen molar-refractivity contribution < 1.29 is 28.3 Å². The average Bonchev–Trinajstić information content (AvgIpc) is 3.24. The fourth-order valence-corrected chi connectivity index (χ4v) is 3.63. The van der Waals surface area contributed by atoms with Gasteiger partial charge in [-0.1, -0.05) is 43.3 Å². The van der Waals surface area contributed by atoms with Gasteiger partial charge in [0, 0.05) is 23.9 Å². The van der Waals surface area contributed by atoms with E-state index in [4.69, 9.17) is 9.57 Å². The molecule has 3 rings (SSSR count). The van der Waals surface area contributed by atoms with E-state index in [0.717, 1.165) is 10.8 Å². The number of aromatic nitrogens is 1. The topological polar surface area (TPSA) is 107 Å². The van der Waals surface area contributed by atoms with Crippen LogP contribution in [-0.2, 0) is 24.0 Å². The SMILES string of the molecule is CCOC(=O)C[C@H](NC(=O)[C@]1(C(C)C)CC(c2nccc3ccccc23)=NO1)C(=O)CF. The molecule has 0 aliphatic carbocycles. The van der Waals surface area contributed by atoms with Gasteiger partial charge in [0.1, 0.15) is 18.4 Å². The normalized spacial score (nSPS) is 18.7. The molecule has 0 fully saturated rings. The van der Waals surface area contributed by atoms with Crippen molar-refractivity contribution in [1.29, 1.82) is 0 Å². The van der Waals surface area contributed by atoms with Gasteiger partial charge < -0.3 is 14.9 Å². The minimum absolute atomic E-state index is 0.105. The van der Waals surface area contributed by atoms with E-state index < -0.39 is 42.4 Å². The number of carbonyl (C=O) groups excluding carboxylic acids is 3.